The van der Waals surface area contributed by atoms with Crippen LogP contribution in [0.1, 0.15) is 6.92 Å². The summed E-state index contributed by atoms with van der Waals surface area (Å²) >= 11 is 5.36. The number of hydrogen-bond acceptors (Lipinski definition) is 5. The molecule has 0 aromatic heterocycles. The first-order chi connectivity index (χ1) is 12.6. The number of ether oxygens (including phenoxy) is 4. The minimum absolute atomic E-state index is 0.0000520. The molecule has 140 valence electrons. The third-order valence-corrected chi connectivity index (χ3v) is 3.80. The molecule has 0 heterocycles. The Morgan fingerprint density at radius 3 is 2.19 bits per heavy atom. The Labute approximate surface area is 159 Å². The zero-order valence-corrected chi connectivity index (χ0v) is 16.2. The number of methoxy groups -OCH3 is 3. The highest BCUT2D eigenvalue weighted by molar-refractivity contribution is 7.80. The fourth-order valence-electron chi connectivity index (χ4n) is 2.30. The number of para-hydroxylation sites is 2. The lowest BCUT2D eigenvalue weighted by Crippen LogP contribution is -2.39. The molecule has 0 aliphatic carbocycles. The third kappa shape index (κ3) is 5.42. The minimum Gasteiger partial charge on any atom is -0.493 e. The highest BCUT2D eigenvalue weighted by Crippen LogP contribution is 2.29. The first-order valence-corrected chi connectivity index (χ1v) is 8.53. The Bertz CT molecular complexity index is 739. The maximum Gasteiger partial charge on any atom is 0.171 e. The van der Waals surface area contributed by atoms with E-state index in [1.54, 1.807) is 21.3 Å². The van der Waals surface area contributed by atoms with Crippen molar-refractivity contribution in [2.24, 2.45) is 0 Å². The van der Waals surface area contributed by atoms with Gasteiger partial charge in [0.15, 0.2) is 28.1 Å². The summed E-state index contributed by atoms with van der Waals surface area (Å²) in [7, 11) is 4.81. The normalized spacial score (nSPS) is 11.2. The Balaban J connectivity index is 1.87. The smallest absolute Gasteiger partial charge is 0.171 e. The average molecular weight is 376 g/mol. The number of nitrogens with one attached hydrogen (secondary N) is 2. The second kappa shape index (κ2) is 9.72. The van der Waals surface area contributed by atoms with Gasteiger partial charge in [-0.25, -0.2) is 0 Å². The van der Waals surface area contributed by atoms with Crippen molar-refractivity contribution in [1.29, 1.82) is 0 Å². The van der Waals surface area contributed by atoms with Gasteiger partial charge in [-0.1, -0.05) is 12.1 Å². The van der Waals surface area contributed by atoms with Gasteiger partial charge in [-0.2, -0.15) is 0 Å². The van der Waals surface area contributed by atoms with E-state index in [4.69, 9.17) is 31.2 Å². The maximum absolute atomic E-state index is 5.80. The zero-order valence-electron chi connectivity index (χ0n) is 15.4. The molecule has 7 heteroatoms. The highest BCUT2D eigenvalue weighted by atomic mass is 32.1. The highest BCUT2D eigenvalue weighted by Gasteiger charge is 2.10. The molecule has 2 aromatic rings. The fraction of sp³-hybridized carbons (Fsp3) is 0.316. The molecular weight excluding hydrogens is 352 g/mol. The molecule has 0 aliphatic heterocycles. The summed E-state index contributed by atoms with van der Waals surface area (Å²) in [5, 5.41) is 6.80. The summed E-state index contributed by atoms with van der Waals surface area (Å²) in [5.74, 6) is 2.69. The van der Waals surface area contributed by atoms with Crippen LogP contribution in [-0.2, 0) is 0 Å². The van der Waals surface area contributed by atoms with E-state index in [2.05, 4.69) is 10.6 Å². The van der Waals surface area contributed by atoms with E-state index in [1.807, 2.05) is 49.4 Å². The molecule has 0 bridgehead atoms. The topological polar surface area (TPSA) is 61.0 Å². The van der Waals surface area contributed by atoms with E-state index in [-0.39, 0.29) is 6.04 Å². The van der Waals surface area contributed by atoms with Crippen LogP contribution in [-0.4, -0.2) is 39.1 Å². The second-order valence-corrected chi connectivity index (χ2v) is 5.94. The summed E-state index contributed by atoms with van der Waals surface area (Å²) in [6.07, 6.45) is 0. The number of rotatable bonds is 8. The van der Waals surface area contributed by atoms with Crippen LogP contribution >= 0.6 is 12.2 Å². The number of hydrogen-bond donors (Lipinski definition) is 2. The first-order valence-electron chi connectivity index (χ1n) is 8.12. The van der Waals surface area contributed by atoms with Gasteiger partial charge in [0.1, 0.15) is 6.61 Å². The Hall–Kier alpha value is -2.67. The Morgan fingerprint density at radius 1 is 0.923 bits per heavy atom. The van der Waals surface area contributed by atoms with Crippen molar-refractivity contribution in [2.45, 2.75) is 13.0 Å². The van der Waals surface area contributed by atoms with Gasteiger partial charge in [-0.05, 0) is 43.4 Å². The largest absolute Gasteiger partial charge is 0.493 e. The Kier molecular flexibility index (Phi) is 7.35. The van der Waals surface area contributed by atoms with E-state index in [0.717, 1.165) is 5.69 Å². The van der Waals surface area contributed by atoms with Crippen LogP contribution in [0.3, 0.4) is 0 Å². The van der Waals surface area contributed by atoms with Crippen LogP contribution in [0.15, 0.2) is 42.5 Å². The first kappa shape index (κ1) is 19.7. The lowest BCUT2D eigenvalue weighted by molar-refractivity contribution is 0.270. The van der Waals surface area contributed by atoms with E-state index in [9.17, 15) is 0 Å². The van der Waals surface area contributed by atoms with Crippen LogP contribution in [0.2, 0.25) is 0 Å². The van der Waals surface area contributed by atoms with Crippen LogP contribution in [0.5, 0.6) is 23.0 Å². The summed E-state index contributed by atoms with van der Waals surface area (Å²) in [6, 6.07) is 13.0. The molecular formula is C19H24N2O4S. The van der Waals surface area contributed by atoms with Gasteiger partial charge >= 0.3 is 0 Å². The molecule has 1 unspecified atom stereocenters. The van der Waals surface area contributed by atoms with E-state index < -0.39 is 0 Å². The molecule has 2 aromatic carbocycles. The lowest BCUT2D eigenvalue weighted by Gasteiger charge is -2.19. The molecule has 0 amide bonds. The molecule has 26 heavy (non-hydrogen) atoms. The van der Waals surface area contributed by atoms with Gasteiger partial charge < -0.3 is 29.6 Å². The molecule has 2 N–H and O–H groups in total. The number of anilines is 1. The maximum atomic E-state index is 5.80. The average Bonchev–Trinajstić information content (AvgIpc) is 2.66. The quantitative estimate of drug-likeness (QED) is 0.684. The number of benzene rings is 2. The summed E-state index contributed by atoms with van der Waals surface area (Å²) in [4.78, 5) is 0. The molecule has 0 saturated heterocycles. The van der Waals surface area contributed by atoms with Crippen molar-refractivity contribution in [1.82, 2.24) is 5.32 Å². The summed E-state index contributed by atoms with van der Waals surface area (Å²) in [5.41, 5.74) is 0.804. The standard InChI is InChI=1S/C19H24N2O4S/c1-13(12-25-17-8-6-5-7-15(17)22-2)20-19(26)21-14-9-10-16(23-3)18(11-14)24-4/h5-11,13H,12H2,1-4H3,(H2,20,21,26). The molecule has 0 radical (unpaired) electrons. The van der Waals surface area contributed by atoms with Gasteiger partial charge in [-0.3, -0.25) is 0 Å². The van der Waals surface area contributed by atoms with Crippen LogP contribution in [0.4, 0.5) is 5.69 Å². The van der Waals surface area contributed by atoms with E-state index in [1.165, 1.54) is 0 Å². The van der Waals surface area contributed by atoms with Crippen LogP contribution in [0, 0.1) is 0 Å². The Morgan fingerprint density at radius 2 is 1.54 bits per heavy atom. The van der Waals surface area contributed by atoms with Crippen LogP contribution in [0.25, 0.3) is 0 Å². The molecule has 2 rings (SSSR count). The monoisotopic (exact) mass is 376 g/mol. The second-order valence-electron chi connectivity index (χ2n) is 5.53. The predicted octanol–water partition coefficient (Wildman–Crippen LogP) is 3.47. The number of thiocarbonyl (C=S) groups is 1. The van der Waals surface area contributed by atoms with Crippen LogP contribution < -0.4 is 29.6 Å². The zero-order chi connectivity index (χ0) is 18.9. The van der Waals surface area contributed by atoms with Crippen molar-refractivity contribution in [3.05, 3.63) is 42.5 Å². The van der Waals surface area contributed by atoms with Gasteiger partial charge in [0.2, 0.25) is 0 Å². The van der Waals surface area contributed by atoms with Gasteiger partial charge in [0.25, 0.3) is 0 Å². The third-order valence-electron chi connectivity index (χ3n) is 3.58. The molecule has 0 fully saturated rings. The van der Waals surface area contributed by atoms with Gasteiger partial charge in [0, 0.05) is 11.8 Å². The van der Waals surface area contributed by atoms with E-state index in [0.29, 0.717) is 34.7 Å². The van der Waals surface area contributed by atoms with E-state index >= 15 is 0 Å². The summed E-state index contributed by atoms with van der Waals surface area (Å²) < 4.78 is 21.6. The molecule has 0 saturated carbocycles. The minimum atomic E-state index is 0.0000520. The lowest BCUT2D eigenvalue weighted by atomic mass is 10.2. The molecule has 0 aliphatic rings. The van der Waals surface area contributed by atoms with Gasteiger partial charge in [0.05, 0.1) is 27.4 Å². The van der Waals surface area contributed by atoms with Crippen molar-refractivity contribution in [3.63, 3.8) is 0 Å². The SMILES string of the molecule is COc1ccc(NC(=S)NC(C)COc2ccccc2OC)cc1OC. The van der Waals surface area contributed by atoms with Crippen molar-refractivity contribution in [3.8, 4) is 23.0 Å². The fourth-order valence-corrected chi connectivity index (χ4v) is 2.62. The van der Waals surface area contributed by atoms with Crippen molar-refractivity contribution >= 4 is 23.0 Å². The summed E-state index contributed by atoms with van der Waals surface area (Å²) in [6.45, 7) is 2.42. The molecule has 0 spiro atoms. The van der Waals surface area contributed by atoms with Crippen molar-refractivity contribution in [2.75, 3.05) is 33.3 Å². The van der Waals surface area contributed by atoms with Gasteiger partial charge in [-0.15, -0.1) is 0 Å². The molecule has 1 atom stereocenters. The predicted molar refractivity (Wildman–Crippen MR) is 107 cm³/mol. The molecule has 6 nitrogen and oxygen atoms in total. The van der Waals surface area contributed by atoms with Crippen molar-refractivity contribution < 1.29 is 18.9 Å².